The predicted octanol–water partition coefficient (Wildman–Crippen LogP) is 3.71. The molecule has 0 aliphatic carbocycles. The van der Waals surface area contributed by atoms with Crippen LogP contribution in [0.5, 0.6) is 11.5 Å². The molecule has 25 heavy (non-hydrogen) atoms. The molecule has 0 N–H and O–H groups in total. The van der Waals surface area contributed by atoms with Crippen molar-refractivity contribution in [2.45, 2.75) is 26.3 Å². The number of carbonyl (C=O) groups is 1. The molecule has 1 amide bonds. The highest BCUT2D eigenvalue weighted by Crippen LogP contribution is 2.35. The van der Waals surface area contributed by atoms with Gasteiger partial charge in [-0.1, -0.05) is 29.8 Å². The average Bonchev–Trinajstić information content (AvgIpc) is 3.07. The van der Waals surface area contributed by atoms with Crippen molar-refractivity contribution in [2.24, 2.45) is 5.10 Å². The van der Waals surface area contributed by atoms with Gasteiger partial charge in [-0.15, -0.1) is 0 Å². The molecule has 0 aromatic heterocycles. The highest BCUT2D eigenvalue weighted by atomic mass is 16.5. The molecule has 2 aromatic carbocycles. The van der Waals surface area contributed by atoms with Gasteiger partial charge in [0.15, 0.2) is 11.5 Å². The smallest absolute Gasteiger partial charge is 0.240 e. The van der Waals surface area contributed by atoms with Crippen LogP contribution in [0.4, 0.5) is 0 Å². The Morgan fingerprint density at radius 1 is 1.08 bits per heavy atom. The Hall–Kier alpha value is -2.82. The topological polar surface area (TPSA) is 51.1 Å². The molecule has 1 aliphatic rings. The van der Waals surface area contributed by atoms with E-state index in [1.54, 1.807) is 26.2 Å². The number of methoxy groups -OCH3 is 2. The van der Waals surface area contributed by atoms with Crippen LogP contribution in [0.15, 0.2) is 47.6 Å². The van der Waals surface area contributed by atoms with Gasteiger partial charge in [0.25, 0.3) is 0 Å². The Labute approximate surface area is 147 Å². The Morgan fingerprint density at radius 2 is 1.76 bits per heavy atom. The Kier molecular flexibility index (Phi) is 4.74. The monoisotopic (exact) mass is 338 g/mol. The number of amides is 1. The Bertz CT molecular complexity index is 812. The summed E-state index contributed by atoms with van der Waals surface area (Å²) in [5.74, 6) is 1.25. The second kappa shape index (κ2) is 6.97. The molecule has 5 nitrogen and oxygen atoms in total. The van der Waals surface area contributed by atoms with E-state index < -0.39 is 0 Å². The molecule has 0 saturated carbocycles. The lowest BCUT2D eigenvalue weighted by atomic mass is 9.97. The van der Waals surface area contributed by atoms with Crippen LogP contribution < -0.4 is 9.47 Å². The zero-order chi connectivity index (χ0) is 18.0. The van der Waals surface area contributed by atoms with E-state index in [0.717, 1.165) is 16.8 Å². The maximum Gasteiger partial charge on any atom is 0.240 e. The van der Waals surface area contributed by atoms with Crippen LogP contribution in [0.25, 0.3) is 0 Å². The largest absolute Gasteiger partial charge is 0.493 e. The molecular formula is C20H22N2O3. The molecule has 0 saturated heterocycles. The zero-order valence-electron chi connectivity index (χ0n) is 14.9. The average molecular weight is 338 g/mol. The van der Waals surface area contributed by atoms with Gasteiger partial charge in [0.1, 0.15) is 0 Å². The van der Waals surface area contributed by atoms with Gasteiger partial charge in [-0.05, 0) is 30.7 Å². The highest BCUT2D eigenvalue weighted by molar-refractivity contribution is 6.03. The lowest BCUT2D eigenvalue weighted by Crippen LogP contribution is -2.24. The van der Waals surface area contributed by atoms with Gasteiger partial charge in [-0.25, -0.2) is 5.01 Å². The number of benzene rings is 2. The van der Waals surface area contributed by atoms with E-state index in [1.165, 1.54) is 5.56 Å². The van der Waals surface area contributed by atoms with Crippen molar-refractivity contribution < 1.29 is 14.3 Å². The summed E-state index contributed by atoms with van der Waals surface area (Å²) in [6.07, 6.45) is 0.665. The van der Waals surface area contributed by atoms with E-state index in [2.05, 4.69) is 29.4 Å². The molecule has 0 unspecified atom stereocenters. The number of rotatable bonds is 4. The molecule has 1 heterocycles. The number of carbonyl (C=O) groups excluding carboxylic acids is 1. The fraction of sp³-hybridized carbons (Fsp3) is 0.300. The van der Waals surface area contributed by atoms with Crippen molar-refractivity contribution in [3.63, 3.8) is 0 Å². The molecule has 5 heteroatoms. The number of ether oxygens (including phenoxy) is 2. The minimum Gasteiger partial charge on any atom is -0.493 e. The van der Waals surface area contributed by atoms with Crippen LogP contribution >= 0.6 is 0 Å². The van der Waals surface area contributed by atoms with E-state index in [0.29, 0.717) is 17.9 Å². The van der Waals surface area contributed by atoms with Gasteiger partial charge < -0.3 is 9.47 Å². The van der Waals surface area contributed by atoms with E-state index in [1.807, 2.05) is 25.1 Å². The maximum atomic E-state index is 12.1. The first-order chi connectivity index (χ1) is 12.0. The van der Waals surface area contributed by atoms with Gasteiger partial charge in [0, 0.05) is 18.9 Å². The molecule has 3 rings (SSSR count). The normalized spacial score (nSPS) is 16.6. The summed E-state index contributed by atoms with van der Waals surface area (Å²) in [4.78, 5) is 12.1. The lowest BCUT2D eigenvalue weighted by molar-refractivity contribution is -0.130. The molecular weight excluding hydrogens is 316 g/mol. The van der Waals surface area contributed by atoms with Crippen LogP contribution in [0.1, 0.15) is 36.1 Å². The first-order valence-corrected chi connectivity index (χ1v) is 8.19. The third-order valence-corrected chi connectivity index (χ3v) is 4.41. The second-order valence-electron chi connectivity index (χ2n) is 6.11. The molecule has 0 radical (unpaired) electrons. The summed E-state index contributed by atoms with van der Waals surface area (Å²) in [5, 5.41) is 6.14. The lowest BCUT2D eigenvalue weighted by Gasteiger charge is -2.20. The molecule has 1 aliphatic heterocycles. The minimum absolute atomic E-state index is 0.0685. The SMILES string of the molecule is COc1ccc(C2=NN(C(C)=O)[C@@H](c3ccc(C)cc3)C2)cc1OC. The first-order valence-electron chi connectivity index (χ1n) is 8.19. The van der Waals surface area contributed by atoms with E-state index in [-0.39, 0.29) is 11.9 Å². The summed E-state index contributed by atoms with van der Waals surface area (Å²) < 4.78 is 10.7. The molecule has 0 bridgehead atoms. The van der Waals surface area contributed by atoms with E-state index in [9.17, 15) is 4.79 Å². The van der Waals surface area contributed by atoms with Crippen LogP contribution in [0, 0.1) is 6.92 Å². The molecule has 2 aromatic rings. The maximum absolute atomic E-state index is 12.1. The molecule has 130 valence electrons. The van der Waals surface area contributed by atoms with Crippen molar-refractivity contribution in [3.8, 4) is 11.5 Å². The summed E-state index contributed by atoms with van der Waals surface area (Å²) in [6.45, 7) is 3.59. The van der Waals surface area contributed by atoms with Crippen LogP contribution in [0.2, 0.25) is 0 Å². The number of hydrogen-bond donors (Lipinski definition) is 0. The molecule has 0 spiro atoms. The quantitative estimate of drug-likeness (QED) is 0.854. The Morgan fingerprint density at radius 3 is 2.36 bits per heavy atom. The minimum atomic E-state index is -0.0822. The van der Waals surface area contributed by atoms with Gasteiger partial charge in [0.05, 0.1) is 26.0 Å². The summed E-state index contributed by atoms with van der Waals surface area (Å²) in [6, 6.07) is 13.8. The van der Waals surface area contributed by atoms with Crippen LogP contribution in [0.3, 0.4) is 0 Å². The third-order valence-electron chi connectivity index (χ3n) is 4.41. The first kappa shape index (κ1) is 17.0. The van der Waals surface area contributed by atoms with Gasteiger partial charge in [-0.3, -0.25) is 4.79 Å². The molecule has 0 fully saturated rings. The number of hydrazone groups is 1. The molecule has 1 atom stereocenters. The van der Waals surface area contributed by atoms with Crippen molar-refractivity contribution >= 4 is 11.6 Å². The zero-order valence-corrected chi connectivity index (χ0v) is 14.9. The van der Waals surface area contributed by atoms with Crippen LogP contribution in [-0.2, 0) is 4.79 Å². The van der Waals surface area contributed by atoms with Crippen molar-refractivity contribution in [3.05, 3.63) is 59.2 Å². The second-order valence-corrected chi connectivity index (χ2v) is 6.11. The van der Waals surface area contributed by atoms with Crippen molar-refractivity contribution in [2.75, 3.05) is 14.2 Å². The summed E-state index contributed by atoms with van der Waals surface area (Å²) >= 11 is 0. The number of nitrogens with zero attached hydrogens (tertiary/aromatic N) is 2. The van der Waals surface area contributed by atoms with Crippen LogP contribution in [-0.4, -0.2) is 30.8 Å². The highest BCUT2D eigenvalue weighted by Gasteiger charge is 2.31. The predicted molar refractivity (Wildman–Crippen MR) is 97.1 cm³/mol. The fourth-order valence-electron chi connectivity index (χ4n) is 3.04. The van der Waals surface area contributed by atoms with E-state index >= 15 is 0 Å². The Balaban J connectivity index is 1.94. The van der Waals surface area contributed by atoms with Gasteiger partial charge in [0.2, 0.25) is 5.91 Å². The fourth-order valence-corrected chi connectivity index (χ4v) is 3.04. The van der Waals surface area contributed by atoms with Crippen molar-refractivity contribution in [1.82, 2.24) is 5.01 Å². The standard InChI is InChI=1S/C20H22N2O3/c1-13-5-7-15(8-6-13)18-12-17(21-22(18)14(2)23)16-9-10-19(24-3)20(11-16)25-4/h5-11,18H,12H2,1-4H3/t18-/m1/s1. The van der Waals surface area contributed by atoms with Crippen molar-refractivity contribution in [1.29, 1.82) is 0 Å². The summed E-state index contributed by atoms with van der Waals surface area (Å²) in [7, 11) is 3.21. The number of aryl methyl sites for hydroxylation is 1. The van der Waals surface area contributed by atoms with Gasteiger partial charge >= 0.3 is 0 Å². The van der Waals surface area contributed by atoms with E-state index in [4.69, 9.17) is 9.47 Å². The summed E-state index contributed by atoms with van der Waals surface area (Å²) in [5.41, 5.74) is 4.07. The number of hydrogen-bond acceptors (Lipinski definition) is 4. The van der Waals surface area contributed by atoms with Gasteiger partial charge in [-0.2, -0.15) is 5.10 Å². The third kappa shape index (κ3) is 3.36.